The molecule has 5 aromatic rings. The van der Waals surface area contributed by atoms with Crippen molar-refractivity contribution >= 4 is 21.9 Å². The highest BCUT2D eigenvalue weighted by atomic mass is 19.1. The number of hydrogen-bond donors (Lipinski definition) is 0. The van der Waals surface area contributed by atoms with Crippen molar-refractivity contribution in [2.45, 2.75) is 6.92 Å². The van der Waals surface area contributed by atoms with Crippen LogP contribution in [0.4, 0.5) is 4.39 Å². The van der Waals surface area contributed by atoms with Gasteiger partial charge in [-0.25, -0.2) is 4.98 Å². The number of halogens is 1. The zero-order valence-electron chi connectivity index (χ0n) is 14.7. The third-order valence-electron chi connectivity index (χ3n) is 4.93. The summed E-state index contributed by atoms with van der Waals surface area (Å²) in [5, 5.41) is 2.05. The van der Waals surface area contributed by atoms with E-state index in [0.29, 0.717) is 5.69 Å². The summed E-state index contributed by atoms with van der Waals surface area (Å²) in [7, 11) is 0. The predicted molar refractivity (Wildman–Crippen MR) is 107 cm³/mol. The van der Waals surface area contributed by atoms with Gasteiger partial charge in [-0.15, -0.1) is 0 Å². The fraction of sp³-hybridized carbons (Fsp3) is 0.0417. The second-order valence-corrected chi connectivity index (χ2v) is 6.66. The van der Waals surface area contributed by atoms with Crippen molar-refractivity contribution in [1.82, 2.24) is 4.98 Å². The highest BCUT2D eigenvalue weighted by Gasteiger charge is 2.15. The molecule has 0 saturated carbocycles. The first-order chi connectivity index (χ1) is 13.2. The van der Waals surface area contributed by atoms with Gasteiger partial charge in [0.15, 0.2) is 0 Å². The molecule has 3 aromatic carbocycles. The van der Waals surface area contributed by atoms with Crippen LogP contribution in [0.25, 0.3) is 44.3 Å². The molecule has 0 aliphatic rings. The van der Waals surface area contributed by atoms with Gasteiger partial charge in [-0.1, -0.05) is 54.6 Å². The summed E-state index contributed by atoms with van der Waals surface area (Å²) in [4.78, 5) is 4.15. The van der Waals surface area contributed by atoms with Gasteiger partial charge in [0, 0.05) is 22.4 Å². The molecule has 2 aromatic heterocycles. The Labute approximate surface area is 155 Å². The van der Waals surface area contributed by atoms with Gasteiger partial charge in [-0.2, -0.15) is 4.39 Å². The van der Waals surface area contributed by atoms with Gasteiger partial charge in [-0.05, 0) is 41.8 Å². The molecule has 0 radical (unpaired) electrons. The van der Waals surface area contributed by atoms with Gasteiger partial charge >= 0.3 is 0 Å². The van der Waals surface area contributed by atoms with E-state index >= 15 is 0 Å². The summed E-state index contributed by atoms with van der Waals surface area (Å²) < 4.78 is 20.5. The number of rotatable bonds is 2. The van der Waals surface area contributed by atoms with E-state index in [2.05, 4.69) is 4.98 Å². The van der Waals surface area contributed by atoms with Crippen molar-refractivity contribution < 1.29 is 8.81 Å². The fourth-order valence-corrected chi connectivity index (χ4v) is 3.64. The van der Waals surface area contributed by atoms with E-state index in [1.165, 1.54) is 6.07 Å². The van der Waals surface area contributed by atoms with Crippen molar-refractivity contribution in [1.29, 1.82) is 0 Å². The lowest BCUT2D eigenvalue weighted by atomic mass is 9.99. The van der Waals surface area contributed by atoms with Crippen molar-refractivity contribution in [2.24, 2.45) is 0 Å². The third kappa shape index (κ3) is 2.59. The first-order valence-corrected chi connectivity index (χ1v) is 8.85. The standard InChI is InChI=1S/C24H16FNO/c1-15-7-2-3-8-17(15)16-13-21(26-23(25)14-16)20-11-6-10-19-18-9-4-5-12-22(18)27-24(19)20/h2-14H,1H3. The minimum Gasteiger partial charge on any atom is -0.455 e. The van der Waals surface area contributed by atoms with E-state index in [4.69, 9.17) is 4.42 Å². The molecule has 0 N–H and O–H groups in total. The van der Waals surface area contributed by atoms with Gasteiger partial charge in [0.25, 0.3) is 0 Å². The molecule has 0 aliphatic carbocycles. The quantitative estimate of drug-likeness (QED) is 0.328. The number of fused-ring (bicyclic) bond motifs is 3. The minimum absolute atomic E-state index is 0.501. The van der Waals surface area contributed by atoms with Crippen LogP contribution in [0.2, 0.25) is 0 Å². The zero-order valence-corrected chi connectivity index (χ0v) is 14.7. The summed E-state index contributed by atoms with van der Waals surface area (Å²) in [6, 6.07) is 25.2. The highest BCUT2D eigenvalue weighted by Crippen LogP contribution is 2.36. The maximum Gasteiger partial charge on any atom is 0.214 e. The largest absolute Gasteiger partial charge is 0.455 e. The average molecular weight is 353 g/mol. The van der Waals surface area contributed by atoms with E-state index in [-0.39, 0.29) is 0 Å². The van der Waals surface area contributed by atoms with Crippen LogP contribution in [0, 0.1) is 12.9 Å². The van der Waals surface area contributed by atoms with Gasteiger partial charge in [0.1, 0.15) is 11.2 Å². The first-order valence-electron chi connectivity index (χ1n) is 8.85. The second-order valence-electron chi connectivity index (χ2n) is 6.66. The van der Waals surface area contributed by atoms with Crippen LogP contribution >= 0.6 is 0 Å². The van der Waals surface area contributed by atoms with Gasteiger partial charge < -0.3 is 4.42 Å². The Morgan fingerprint density at radius 2 is 1.52 bits per heavy atom. The Morgan fingerprint density at radius 3 is 2.41 bits per heavy atom. The van der Waals surface area contributed by atoms with E-state index in [1.54, 1.807) is 0 Å². The lowest BCUT2D eigenvalue weighted by Gasteiger charge is -2.09. The number of benzene rings is 3. The SMILES string of the molecule is Cc1ccccc1-c1cc(F)nc(-c2cccc3c2oc2ccccc23)c1. The van der Waals surface area contributed by atoms with Gasteiger partial charge in [0.05, 0.1) is 5.69 Å². The Morgan fingerprint density at radius 1 is 0.778 bits per heavy atom. The van der Waals surface area contributed by atoms with Crippen LogP contribution in [-0.2, 0) is 0 Å². The number of aromatic nitrogens is 1. The molecule has 2 heterocycles. The molecular formula is C24H16FNO. The molecule has 0 amide bonds. The normalized spacial score (nSPS) is 11.3. The van der Waals surface area contributed by atoms with Gasteiger partial charge in [0.2, 0.25) is 5.95 Å². The monoisotopic (exact) mass is 353 g/mol. The summed E-state index contributed by atoms with van der Waals surface area (Å²) in [5.74, 6) is -0.501. The van der Waals surface area contributed by atoms with Crippen LogP contribution in [-0.4, -0.2) is 4.98 Å². The van der Waals surface area contributed by atoms with Crippen molar-refractivity contribution in [3.05, 3.63) is 90.4 Å². The van der Waals surface area contributed by atoms with Crippen LogP contribution < -0.4 is 0 Å². The maximum atomic E-state index is 14.4. The molecule has 0 saturated heterocycles. The summed E-state index contributed by atoms with van der Waals surface area (Å²) in [5.41, 5.74) is 5.80. The summed E-state index contributed by atoms with van der Waals surface area (Å²) in [6.45, 7) is 2.02. The molecule has 0 fully saturated rings. The fourth-order valence-electron chi connectivity index (χ4n) is 3.64. The highest BCUT2D eigenvalue weighted by molar-refractivity contribution is 6.09. The molecule has 27 heavy (non-hydrogen) atoms. The Kier molecular flexibility index (Phi) is 3.54. The number of hydrogen-bond acceptors (Lipinski definition) is 2. The Hall–Kier alpha value is -3.46. The van der Waals surface area contributed by atoms with Crippen LogP contribution in [0.1, 0.15) is 5.56 Å². The number of aryl methyl sites for hydroxylation is 1. The van der Waals surface area contributed by atoms with Crippen molar-refractivity contribution in [3.63, 3.8) is 0 Å². The first kappa shape index (κ1) is 15.8. The van der Waals surface area contributed by atoms with E-state index in [9.17, 15) is 4.39 Å². The van der Waals surface area contributed by atoms with Crippen molar-refractivity contribution in [3.8, 4) is 22.4 Å². The lowest BCUT2D eigenvalue weighted by Crippen LogP contribution is -1.92. The Balaban J connectivity index is 1.77. The van der Waals surface area contributed by atoms with E-state index in [0.717, 1.165) is 44.2 Å². The average Bonchev–Trinajstić information content (AvgIpc) is 3.06. The summed E-state index contributed by atoms with van der Waals surface area (Å²) in [6.07, 6.45) is 0. The molecule has 130 valence electrons. The number of furan rings is 1. The smallest absolute Gasteiger partial charge is 0.214 e. The molecular weight excluding hydrogens is 337 g/mol. The number of pyridine rings is 1. The van der Waals surface area contributed by atoms with Crippen molar-refractivity contribution in [2.75, 3.05) is 0 Å². The van der Waals surface area contributed by atoms with Gasteiger partial charge in [-0.3, -0.25) is 0 Å². The maximum absolute atomic E-state index is 14.4. The molecule has 0 atom stereocenters. The molecule has 0 unspecified atom stereocenters. The lowest BCUT2D eigenvalue weighted by molar-refractivity contribution is 0.586. The molecule has 0 bridgehead atoms. The Bertz CT molecular complexity index is 1300. The second kappa shape index (κ2) is 6.06. The van der Waals surface area contributed by atoms with E-state index in [1.807, 2.05) is 79.7 Å². The minimum atomic E-state index is -0.501. The molecule has 3 heteroatoms. The van der Waals surface area contributed by atoms with Crippen LogP contribution in [0.3, 0.4) is 0 Å². The summed E-state index contributed by atoms with van der Waals surface area (Å²) >= 11 is 0. The van der Waals surface area contributed by atoms with Crippen LogP contribution in [0.15, 0.2) is 83.3 Å². The molecule has 0 aliphatic heterocycles. The van der Waals surface area contributed by atoms with Crippen LogP contribution in [0.5, 0.6) is 0 Å². The third-order valence-corrected chi connectivity index (χ3v) is 4.93. The molecule has 5 rings (SSSR count). The topological polar surface area (TPSA) is 26.0 Å². The molecule has 2 nitrogen and oxygen atoms in total. The molecule has 0 spiro atoms. The number of nitrogens with zero attached hydrogens (tertiary/aromatic N) is 1. The predicted octanol–water partition coefficient (Wildman–Crippen LogP) is 6.76. The number of para-hydroxylation sites is 2. The van der Waals surface area contributed by atoms with E-state index < -0.39 is 5.95 Å². The zero-order chi connectivity index (χ0) is 18.4.